The van der Waals surface area contributed by atoms with Crippen molar-refractivity contribution < 1.29 is 27.2 Å². The average molecular weight is 490 g/mol. The van der Waals surface area contributed by atoms with Crippen molar-refractivity contribution in [1.29, 1.82) is 0 Å². The Morgan fingerprint density at radius 2 is 1.78 bits per heavy atom. The number of carbonyl (C=O) groups excluding carboxylic acids is 1. The van der Waals surface area contributed by atoms with Gasteiger partial charge in [-0.2, -0.15) is 13.2 Å². The lowest BCUT2D eigenvalue weighted by atomic mass is 9.90. The Bertz CT molecular complexity index is 1060. The van der Waals surface area contributed by atoms with Crippen LogP contribution in [-0.2, 0) is 16.9 Å². The molecule has 32 heavy (non-hydrogen) atoms. The Kier molecular flexibility index (Phi) is 5.77. The fourth-order valence-corrected chi connectivity index (χ4v) is 4.28. The zero-order valence-corrected chi connectivity index (χ0v) is 17.9. The minimum atomic E-state index is -4.89. The lowest BCUT2D eigenvalue weighted by Crippen LogP contribution is -2.52. The first-order chi connectivity index (χ1) is 15.0. The minimum absolute atomic E-state index is 0.0917. The average Bonchev–Trinajstić information content (AvgIpc) is 3.15. The Morgan fingerprint density at radius 3 is 2.31 bits per heavy atom. The Balaban J connectivity index is 1.58. The fraction of sp³-hybridized carbons (Fsp3) is 0.286. The molecular weight excluding hydrogens is 473 g/mol. The first-order valence-corrected chi connectivity index (χ1v) is 10.3. The van der Waals surface area contributed by atoms with Gasteiger partial charge in [0.25, 0.3) is 0 Å². The summed E-state index contributed by atoms with van der Waals surface area (Å²) in [6, 6.07) is 8.16. The molecule has 2 heterocycles. The summed E-state index contributed by atoms with van der Waals surface area (Å²) in [4.78, 5) is 17.6. The molecule has 0 radical (unpaired) electrons. The number of nitrogens with two attached hydrogens (primary N) is 1. The van der Waals surface area contributed by atoms with Crippen LogP contribution in [0.25, 0.3) is 5.70 Å². The van der Waals surface area contributed by atoms with E-state index in [4.69, 9.17) is 33.8 Å². The number of nitrogens with zero attached hydrogens (tertiary/aromatic N) is 1. The Hall–Kier alpha value is -2.49. The van der Waals surface area contributed by atoms with Crippen LogP contribution >= 0.6 is 23.2 Å². The van der Waals surface area contributed by atoms with Gasteiger partial charge in [0, 0.05) is 18.7 Å². The predicted octanol–water partition coefficient (Wildman–Crippen LogP) is 5.02. The van der Waals surface area contributed by atoms with Gasteiger partial charge in [-0.25, -0.2) is 9.18 Å². The highest BCUT2D eigenvalue weighted by atomic mass is 35.5. The molecule has 2 aromatic carbocycles. The summed E-state index contributed by atoms with van der Waals surface area (Å²) in [6.07, 6.45) is -3.30. The topological polar surface area (TPSA) is 67.6 Å². The molecule has 2 aromatic rings. The molecule has 0 saturated carbocycles. The number of benzene rings is 2. The molecule has 0 aromatic heterocycles. The molecule has 1 atom stereocenters. The van der Waals surface area contributed by atoms with Crippen molar-refractivity contribution in [2.75, 3.05) is 13.1 Å². The first kappa shape index (κ1) is 22.7. The molecule has 0 spiro atoms. The number of nitrogens with one attached hydrogen (secondary N) is 1. The maximum Gasteiger partial charge on any atom is 0.428 e. The monoisotopic (exact) mass is 489 g/mol. The Labute approximate surface area is 190 Å². The molecule has 0 aliphatic carbocycles. The molecule has 1 fully saturated rings. The Morgan fingerprint density at radius 1 is 1.19 bits per heavy atom. The zero-order chi connectivity index (χ0) is 23.3. The number of amides is 2. The number of carbonyl (C=O) groups is 1. The molecule has 1 unspecified atom stereocenters. The van der Waals surface area contributed by atoms with E-state index in [0.717, 1.165) is 23.8 Å². The van der Waals surface area contributed by atoms with Crippen molar-refractivity contribution in [2.24, 2.45) is 11.7 Å². The van der Waals surface area contributed by atoms with Crippen LogP contribution in [0.4, 0.5) is 22.4 Å². The number of primary amides is 1. The van der Waals surface area contributed by atoms with Crippen molar-refractivity contribution in [3.63, 3.8) is 0 Å². The van der Waals surface area contributed by atoms with Gasteiger partial charge in [0.2, 0.25) is 5.60 Å². The van der Waals surface area contributed by atoms with Gasteiger partial charge in [-0.3, -0.25) is 10.3 Å². The van der Waals surface area contributed by atoms with Crippen LogP contribution in [0.5, 0.6) is 0 Å². The summed E-state index contributed by atoms with van der Waals surface area (Å²) in [6.45, 7) is 1.16. The molecule has 1 saturated heterocycles. The summed E-state index contributed by atoms with van der Waals surface area (Å²) in [5.74, 6) is -0.725. The lowest BCUT2D eigenvalue weighted by molar-refractivity contribution is -0.269. The molecule has 2 aliphatic heterocycles. The fourth-order valence-electron chi connectivity index (χ4n) is 3.79. The summed E-state index contributed by atoms with van der Waals surface area (Å²) in [5, 5.41) is -1.09. The van der Waals surface area contributed by atoms with Gasteiger partial charge in [-0.1, -0.05) is 47.5 Å². The quantitative estimate of drug-likeness (QED) is 0.468. The van der Waals surface area contributed by atoms with Crippen LogP contribution in [-0.4, -0.2) is 30.2 Å². The van der Waals surface area contributed by atoms with Crippen molar-refractivity contribution in [3.05, 3.63) is 75.0 Å². The molecule has 3 N–H and O–H groups in total. The van der Waals surface area contributed by atoms with Crippen molar-refractivity contribution in [2.45, 2.75) is 18.2 Å². The number of hydroxylamine groups is 1. The largest absolute Gasteiger partial charge is 0.428 e. The van der Waals surface area contributed by atoms with Gasteiger partial charge in [-0.15, -0.1) is 0 Å². The lowest BCUT2D eigenvalue weighted by Gasteiger charge is -2.38. The van der Waals surface area contributed by atoms with E-state index in [2.05, 4.69) is 5.48 Å². The third-order valence-corrected chi connectivity index (χ3v) is 6.11. The maximum atomic E-state index is 14.1. The van der Waals surface area contributed by atoms with Crippen LogP contribution in [0.3, 0.4) is 0 Å². The zero-order valence-electron chi connectivity index (χ0n) is 16.3. The van der Waals surface area contributed by atoms with Crippen molar-refractivity contribution in [3.8, 4) is 0 Å². The predicted molar refractivity (Wildman–Crippen MR) is 111 cm³/mol. The molecule has 2 amide bonds. The smallest absolute Gasteiger partial charge is 0.351 e. The van der Waals surface area contributed by atoms with Crippen LogP contribution < -0.4 is 11.2 Å². The van der Waals surface area contributed by atoms with E-state index < -0.39 is 39.2 Å². The van der Waals surface area contributed by atoms with E-state index in [1.54, 1.807) is 24.3 Å². The van der Waals surface area contributed by atoms with Gasteiger partial charge in [-0.05, 0) is 41.7 Å². The van der Waals surface area contributed by atoms with E-state index in [9.17, 15) is 22.4 Å². The second-order valence-electron chi connectivity index (χ2n) is 7.76. The summed E-state index contributed by atoms with van der Waals surface area (Å²) in [7, 11) is 0. The van der Waals surface area contributed by atoms with Crippen LogP contribution in [0.2, 0.25) is 10.0 Å². The molecular formula is C21H17Cl2F4N3O2. The molecule has 2 aliphatic rings. The van der Waals surface area contributed by atoms with Crippen molar-refractivity contribution >= 4 is 34.9 Å². The number of halogens is 6. The first-order valence-electron chi connectivity index (χ1n) is 9.52. The van der Waals surface area contributed by atoms with E-state index in [1.807, 2.05) is 0 Å². The van der Waals surface area contributed by atoms with Crippen LogP contribution in [0, 0.1) is 11.7 Å². The number of hydrogen-bond donors (Lipinski definition) is 2. The summed E-state index contributed by atoms with van der Waals surface area (Å²) in [5.41, 5.74) is 5.72. The number of rotatable bonds is 4. The summed E-state index contributed by atoms with van der Waals surface area (Å²) < 4.78 is 55.9. The number of hydrogen-bond acceptors (Lipinski definition) is 3. The SMILES string of the molecule is NC(=O)N1CC(Cc2ccc(C3=CC(c4cc(Cl)c(F)c(Cl)c4)(C(F)(F)F)ON3)cc2)C1. The van der Waals surface area contributed by atoms with E-state index >= 15 is 0 Å². The van der Waals surface area contributed by atoms with E-state index in [1.165, 1.54) is 4.90 Å². The van der Waals surface area contributed by atoms with Gasteiger partial charge in [0.15, 0.2) is 5.82 Å². The number of alkyl halides is 3. The molecule has 5 nitrogen and oxygen atoms in total. The highest BCUT2D eigenvalue weighted by Crippen LogP contribution is 2.48. The molecule has 4 rings (SSSR count). The van der Waals surface area contributed by atoms with E-state index in [0.29, 0.717) is 25.1 Å². The maximum absolute atomic E-state index is 14.1. The molecule has 0 bridgehead atoms. The minimum Gasteiger partial charge on any atom is -0.351 e. The van der Waals surface area contributed by atoms with Gasteiger partial charge < -0.3 is 10.6 Å². The van der Waals surface area contributed by atoms with Gasteiger partial charge in [0.05, 0.1) is 15.7 Å². The standard InChI is InChI=1S/C21H17Cl2F4N3O2/c22-15-6-14(7-16(23)18(15)24)20(21(25,26)27)8-17(29-32-20)13-3-1-11(2-4-13)5-12-9-30(10-12)19(28)31/h1-4,6-8,12,29H,5,9-10H2,(H2,28,31). The van der Waals surface area contributed by atoms with Crippen LogP contribution in [0.1, 0.15) is 16.7 Å². The van der Waals surface area contributed by atoms with E-state index in [-0.39, 0.29) is 11.6 Å². The highest BCUT2D eigenvalue weighted by Gasteiger charge is 2.59. The van der Waals surface area contributed by atoms with Gasteiger partial charge >= 0.3 is 12.2 Å². The second kappa shape index (κ2) is 8.13. The third-order valence-electron chi connectivity index (χ3n) is 5.56. The molecule has 11 heteroatoms. The van der Waals surface area contributed by atoms with Crippen molar-refractivity contribution in [1.82, 2.24) is 10.4 Å². The van der Waals surface area contributed by atoms with Crippen LogP contribution in [0.15, 0.2) is 42.5 Å². The third kappa shape index (κ3) is 4.00. The summed E-state index contributed by atoms with van der Waals surface area (Å²) >= 11 is 11.4. The van der Waals surface area contributed by atoms with Gasteiger partial charge in [0.1, 0.15) is 0 Å². The second-order valence-corrected chi connectivity index (χ2v) is 8.57. The normalized spacial score (nSPS) is 21.2. The number of likely N-dealkylation sites (tertiary alicyclic amines) is 1. The highest BCUT2D eigenvalue weighted by molar-refractivity contribution is 6.35. The molecule has 170 valence electrons. The number of urea groups is 1.